The van der Waals surface area contributed by atoms with E-state index in [9.17, 15) is 9.82 Å². The van der Waals surface area contributed by atoms with E-state index < -0.39 is 13.0 Å². The summed E-state index contributed by atoms with van der Waals surface area (Å²) in [6.45, 7) is 2.40. The molecule has 0 aromatic heterocycles. The van der Waals surface area contributed by atoms with E-state index >= 15 is 0 Å². The summed E-state index contributed by atoms with van der Waals surface area (Å²) >= 11 is 0. The normalized spacial score (nSPS) is 11.0. The van der Waals surface area contributed by atoms with Gasteiger partial charge in [-0.2, -0.15) is 0 Å². The highest BCUT2D eigenvalue weighted by molar-refractivity contribution is 6.60. The SMILES string of the molecule is CC=CC(=O)NOB(O)c1ccccc1CN(C)C. The third-order valence-corrected chi connectivity index (χ3v) is 2.40. The van der Waals surface area contributed by atoms with Crippen LogP contribution in [-0.2, 0) is 16.1 Å². The Hall–Kier alpha value is -1.63. The molecule has 0 atom stereocenters. The fourth-order valence-electron chi connectivity index (χ4n) is 1.62. The number of carbonyl (C=O) groups excluding carboxylic acids is 1. The second kappa shape index (κ2) is 7.73. The molecule has 1 aromatic carbocycles. The van der Waals surface area contributed by atoms with Crippen LogP contribution >= 0.6 is 0 Å². The molecule has 6 heteroatoms. The van der Waals surface area contributed by atoms with E-state index in [0.29, 0.717) is 12.0 Å². The van der Waals surface area contributed by atoms with Crippen LogP contribution in [0.3, 0.4) is 0 Å². The lowest BCUT2D eigenvalue weighted by atomic mass is 9.76. The predicted octanol–water partition coefficient (Wildman–Crippen LogP) is 0.0596. The van der Waals surface area contributed by atoms with Gasteiger partial charge in [-0.15, -0.1) is 0 Å². The zero-order chi connectivity index (χ0) is 14.3. The Bertz CT molecular complexity index is 449. The van der Waals surface area contributed by atoms with Crippen molar-refractivity contribution in [3.63, 3.8) is 0 Å². The van der Waals surface area contributed by atoms with Crippen LogP contribution in [-0.4, -0.2) is 37.0 Å². The standard InChI is InChI=1S/C13H19BN2O3/c1-4-7-13(17)15-19-14(18)12-9-6-5-8-11(12)10-16(2)3/h4-9,18H,10H2,1-3H3,(H,15,17). The number of amides is 1. The molecule has 1 amide bonds. The van der Waals surface area contributed by atoms with Crippen LogP contribution in [0.4, 0.5) is 0 Å². The van der Waals surface area contributed by atoms with E-state index in [1.165, 1.54) is 6.08 Å². The molecule has 0 saturated heterocycles. The molecule has 0 aliphatic rings. The van der Waals surface area contributed by atoms with Crippen molar-refractivity contribution in [2.24, 2.45) is 0 Å². The lowest BCUT2D eigenvalue weighted by Crippen LogP contribution is -2.42. The Balaban J connectivity index is 2.70. The number of benzene rings is 1. The van der Waals surface area contributed by atoms with Crippen LogP contribution in [0.25, 0.3) is 0 Å². The molecule has 0 aliphatic heterocycles. The summed E-state index contributed by atoms with van der Waals surface area (Å²) in [5.74, 6) is -0.411. The van der Waals surface area contributed by atoms with Gasteiger partial charge in [0.15, 0.2) is 0 Å². The van der Waals surface area contributed by atoms with Gasteiger partial charge in [0.1, 0.15) is 0 Å². The summed E-state index contributed by atoms with van der Waals surface area (Å²) in [6, 6.07) is 7.39. The van der Waals surface area contributed by atoms with Crippen molar-refractivity contribution in [2.45, 2.75) is 13.5 Å². The van der Waals surface area contributed by atoms with E-state index in [1.54, 1.807) is 19.1 Å². The van der Waals surface area contributed by atoms with Crippen molar-refractivity contribution >= 4 is 18.5 Å². The zero-order valence-corrected chi connectivity index (χ0v) is 11.5. The molecule has 0 saturated carbocycles. The van der Waals surface area contributed by atoms with Crippen molar-refractivity contribution in [1.82, 2.24) is 10.4 Å². The van der Waals surface area contributed by atoms with Crippen LogP contribution in [0.2, 0.25) is 0 Å². The summed E-state index contributed by atoms with van der Waals surface area (Å²) in [4.78, 5) is 13.2. The number of allylic oxidation sites excluding steroid dienone is 1. The zero-order valence-electron chi connectivity index (χ0n) is 11.5. The van der Waals surface area contributed by atoms with Gasteiger partial charge in [0.2, 0.25) is 0 Å². The maximum atomic E-state index is 11.2. The minimum atomic E-state index is -1.19. The first-order valence-electron chi connectivity index (χ1n) is 6.03. The van der Waals surface area contributed by atoms with Crippen LogP contribution in [0.1, 0.15) is 12.5 Å². The highest BCUT2D eigenvalue weighted by atomic mass is 16.7. The van der Waals surface area contributed by atoms with E-state index in [2.05, 4.69) is 5.48 Å². The molecule has 0 radical (unpaired) electrons. The van der Waals surface area contributed by atoms with Crippen molar-refractivity contribution in [3.8, 4) is 0 Å². The number of hydrogen-bond donors (Lipinski definition) is 2. The monoisotopic (exact) mass is 262 g/mol. The number of hydroxylamine groups is 1. The molecule has 0 spiro atoms. The molecular formula is C13H19BN2O3. The predicted molar refractivity (Wildman–Crippen MR) is 75.5 cm³/mol. The topological polar surface area (TPSA) is 61.8 Å². The molecule has 0 heterocycles. The Morgan fingerprint density at radius 2 is 2.16 bits per heavy atom. The Kier molecular flexibility index (Phi) is 6.28. The third-order valence-electron chi connectivity index (χ3n) is 2.40. The van der Waals surface area contributed by atoms with Gasteiger partial charge in [-0.3, -0.25) is 9.55 Å². The quantitative estimate of drug-likeness (QED) is 0.432. The molecule has 2 N–H and O–H groups in total. The first kappa shape index (κ1) is 15.4. The molecule has 1 aromatic rings. The number of nitrogens with one attached hydrogen (secondary N) is 1. The van der Waals surface area contributed by atoms with Crippen LogP contribution in [0.5, 0.6) is 0 Å². The highest BCUT2D eigenvalue weighted by Gasteiger charge is 2.21. The lowest BCUT2D eigenvalue weighted by molar-refractivity contribution is -0.123. The summed E-state index contributed by atoms with van der Waals surface area (Å²) < 4.78 is 4.95. The smallest absolute Gasteiger partial charge is 0.422 e. The Morgan fingerprint density at radius 1 is 1.47 bits per heavy atom. The molecular weight excluding hydrogens is 243 g/mol. The first-order chi connectivity index (χ1) is 9.04. The largest absolute Gasteiger partial charge is 0.514 e. The summed E-state index contributed by atoms with van der Waals surface area (Å²) in [7, 11) is 2.70. The van der Waals surface area contributed by atoms with Crippen LogP contribution < -0.4 is 10.9 Å². The fourth-order valence-corrected chi connectivity index (χ4v) is 1.62. The first-order valence-corrected chi connectivity index (χ1v) is 6.03. The molecule has 19 heavy (non-hydrogen) atoms. The van der Waals surface area contributed by atoms with Gasteiger partial charge in [0.05, 0.1) is 0 Å². The van der Waals surface area contributed by atoms with Gasteiger partial charge in [-0.1, -0.05) is 30.3 Å². The average molecular weight is 262 g/mol. The Morgan fingerprint density at radius 3 is 2.79 bits per heavy atom. The van der Waals surface area contributed by atoms with Gasteiger partial charge >= 0.3 is 7.12 Å². The summed E-state index contributed by atoms with van der Waals surface area (Å²) in [5.41, 5.74) is 3.75. The maximum Gasteiger partial charge on any atom is 0.514 e. The fraction of sp³-hybridized carbons (Fsp3) is 0.308. The van der Waals surface area contributed by atoms with Crippen molar-refractivity contribution < 1.29 is 14.6 Å². The molecule has 0 aliphatic carbocycles. The second-order valence-electron chi connectivity index (χ2n) is 4.37. The van der Waals surface area contributed by atoms with Gasteiger partial charge < -0.3 is 9.92 Å². The third kappa shape index (κ3) is 5.26. The van der Waals surface area contributed by atoms with Crippen LogP contribution in [0, 0.1) is 0 Å². The molecule has 0 unspecified atom stereocenters. The number of nitrogens with zero attached hydrogens (tertiary/aromatic N) is 1. The van der Waals surface area contributed by atoms with E-state index in [0.717, 1.165) is 5.56 Å². The van der Waals surface area contributed by atoms with Crippen molar-refractivity contribution in [3.05, 3.63) is 42.0 Å². The lowest BCUT2D eigenvalue weighted by Gasteiger charge is -2.15. The summed E-state index contributed by atoms with van der Waals surface area (Å²) in [5, 5.41) is 9.95. The van der Waals surface area contributed by atoms with E-state index in [4.69, 9.17) is 4.76 Å². The van der Waals surface area contributed by atoms with E-state index in [1.807, 2.05) is 37.2 Å². The Labute approximate surface area is 114 Å². The van der Waals surface area contributed by atoms with Gasteiger partial charge in [-0.25, -0.2) is 5.48 Å². The molecule has 5 nitrogen and oxygen atoms in total. The summed E-state index contributed by atoms with van der Waals surface area (Å²) in [6.07, 6.45) is 2.91. The van der Waals surface area contributed by atoms with E-state index in [-0.39, 0.29) is 0 Å². The number of rotatable bonds is 6. The van der Waals surface area contributed by atoms with Crippen LogP contribution in [0.15, 0.2) is 36.4 Å². The minimum Gasteiger partial charge on any atom is -0.422 e. The van der Waals surface area contributed by atoms with Gasteiger partial charge in [-0.05, 0) is 32.0 Å². The van der Waals surface area contributed by atoms with Gasteiger partial charge in [0.25, 0.3) is 5.91 Å². The number of carbonyl (C=O) groups is 1. The van der Waals surface area contributed by atoms with Crippen molar-refractivity contribution in [1.29, 1.82) is 0 Å². The molecule has 0 bridgehead atoms. The average Bonchev–Trinajstić information content (AvgIpc) is 2.36. The number of hydrogen-bond acceptors (Lipinski definition) is 4. The molecule has 102 valence electrons. The maximum absolute atomic E-state index is 11.2. The molecule has 0 fully saturated rings. The van der Waals surface area contributed by atoms with Gasteiger partial charge in [0, 0.05) is 12.6 Å². The molecule has 1 rings (SSSR count). The van der Waals surface area contributed by atoms with Crippen molar-refractivity contribution in [2.75, 3.05) is 14.1 Å². The minimum absolute atomic E-state index is 0.411. The highest BCUT2D eigenvalue weighted by Crippen LogP contribution is 2.00. The second-order valence-corrected chi connectivity index (χ2v) is 4.37.